The van der Waals surface area contributed by atoms with E-state index in [-0.39, 0.29) is 0 Å². The lowest BCUT2D eigenvalue weighted by atomic mass is 10.0. The van der Waals surface area contributed by atoms with Crippen LogP contribution in [0.1, 0.15) is 11.1 Å². The number of hydrogen-bond acceptors (Lipinski definition) is 4. The monoisotopic (exact) mass is 380 g/mol. The van der Waals surface area contributed by atoms with Crippen molar-refractivity contribution >= 4 is 11.4 Å². The van der Waals surface area contributed by atoms with Crippen molar-refractivity contribution in [1.82, 2.24) is 0 Å². The minimum absolute atomic E-state index is 0.643. The average Bonchev–Trinajstić information content (AvgIpc) is 3.09. The van der Waals surface area contributed by atoms with E-state index < -0.39 is 0 Å². The number of nitrogen functional groups attached to an aromatic ring is 2. The number of benzene rings is 4. The highest BCUT2D eigenvalue weighted by molar-refractivity contribution is 5.81. The molecule has 4 N–H and O–H groups in total. The predicted octanol–water partition coefficient (Wildman–Crippen LogP) is 6.01. The molecule has 0 amide bonds. The third-order valence-electron chi connectivity index (χ3n) is 5.06. The Morgan fingerprint density at radius 3 is 2.03 bits per heavy atom. The molecule has 0 saturated carbocycles. The van der Waals surface area contributed by atoms with E-state index in [1.54, 1.807) is 6.07 Å². The Labute approximate surface area is 169 Å². The van der Waals surface area contributed by atoms with E-state index in [2.05, 4.69) is 30.3 Å². The van der Waals surface area contributed by atoms with Gasteiger partial charge < -0.3 is 20.9 Å². The Bertz CT molecular complexity index is 1220. The Balaban J connectivity index is 1.62. The van der Waals surface area contributed by atoms with E-state index in [9.17, 15) is 0 Å². The molecule has 0 saturated heterocycles. The molecule has 4 aromatic rings. The van der Waals surface area contributed by atoms with Crippen molar-refractivity contribution in [3.8, 4) is 34.1 Å². The van der Waals surface area contributed by atoms with Crippen LogP contribution in [0.4, 0.5) is 11.4 Å². The highest BCUT2D eigenvalue weighted by Crippen LogP contribution is 2.48. The first-order chi connectivity index (χ1) is 14.2. The van der Waals surface area contributed by atoms with E-state index >= 15 is 0 Å². The molecule has 4 aromatic carbocycles. The second-order valence-corrected chi connectivity index (χ2v) is 7.10. The molecule has 0 atom stereocenters. The number of nitrogens with two attached hydrogens (primary N) is 2. The lowest BCUT2D eigenvalue weighted by molar-refractivity contribution is 0.416. The molecule has 4 heteroatoms. The molecule has 0 spiro atoms. The summed E-state index contributed by atoms with van der Waals surface area (Å²) in [6.07, 6.45) is 0.789. The van der Waals surface area contributed by atoms with Crippen LogP contribution in [0.2, 0.25) is 0 Å². The molecule has 0 bridgehead atoms. The van der Waals surface area contributed by atoms with Crippen LogP contribution in [0.15, 0.2) is 84.9 Å². The Hall–Kier alpha value is -3.92. The molecule has 29 heavy (non-hydrogen) atoms. The summed E-state index contributed by atoms with van der Waals surface area (Å²) < 4.78 is 12.5. The molecule has 1 aliphatic carbocycles. The second-order valence-electron chi connectivity index (χ2n) is 7.10. The van der Waals surface area contributed by atoms with Gasteiger partial charge in [0, 0.05) is 35.5 Å². The van der Waals surface area contributed by atoms with Crippen LogP contribution in [-0.4, -0.2) is 0 Å². The van der Waals surface area contributed by atoms with Gasteiger partial charge in [0.2, 0.25) is 0 Å². The number of anilines is 2. The zero-order valence-corrected chi connectivity index (χ0v) is 15.8. The summed E-state index contributed by atoms with van der Waals surface area (Å²) in [5.41, 5.74) is 17.9. The van der Waals surface area contributed by atoms with Crippen molar-refractivity contribution in [3.63, 3.8) is 0 Å². The van der Waals surface area contributed by atoms with Crippen molar-refractivity contribution in [2.24, 2.45) is 0 Å². The van der Waals surface area contributed by atoms with Gasteiger partial charge in [0.15, 0.2) is 11.5 Å². The molecule has 0 fully saturated rings. The zero-order chi connectivity index (χ0) is 19.8. The summed E-state index contributed by atoms with van der Waals surface area (Å²) in [5, 5.41) is 0. The SMILES string of the molecule is Nc1cccc(Oc2ccc3c(c2Oc2cccc(N)c2)Cc2ccccc2-3)c1. The Morgan fingerprint density at radius 1 is 0.621 bits per heavy atom. The molecule has 0 heterocycles. The first-order valence-electron chi connectivity index (χ1n) is 9.48. The van der Waals surface area contributed by atoms with E-state index in [1.807, 2.05) is 48.5 Å². The van der Waals surface area contributed by atoms with E-state index in [0.29, 0.717) is 34.4 Å². The summed E-state index contributed by atoms with van der Waals surface area (Å²) in [5.74, 6) is 2.68. The fraction of sp³-hybridized carbons (Fsp3) is 0.0400. The molecule has 0 radical (unpaired) electrons. The van der Waals surface area contributed by atoms with Gasteiger partial charge in [0.1, 0.15) is 11.5 Å². The van der Waals surface area contributed by atoms with E-state index in [1.165, 1.54) is 16.7 Å². The average molecular weight is 380 g/mol. The van der Waals surface area contributed by atoms with Crippen LogP contribution >= 0.6 is 0 Å². The van der Waals surface area contributed by atoms with Gasteiger partial charge >= 0.3 is 0 Å². The minimum atomic E-state index is 0.643. The fourth-order valence-corrected chi connectivity index (χ4v) is 3.75. The molecule has 4 nitrogen and oxygen atoms in total. The quantitative estimate of drug-likeness (QED) is 0.375. The van der Waals surface area contributed by atoms with Crippen LogP contribution in [0.3, 0.4) is 0 Å². The van der Waals surface area contributed by atoms with Crippen LogP contribution in [-0.2, 0) is 6.42 Å². The lowest BCUT2D eigenvalue weighted by Gasteiger charge is -2.16. The van der Waals surface area contributed by atoms with Crippen molar-refractivity contribution in [2.75, 3.05) is 11.5 Å². The van der Waals surface area contributed by atoms with E-state index in [4.69, 9.17) is 20.9 Å². The topological polar surface area (TPSA) is 70.5 Å². The van der Waals surface area contributed by atoms with Crippen LogP contribution < -0.4 is 20.9 Å². The highest BCUT2D eigenvalue weighted by Gasteiger charge is 2.25. The molecular formula is C25H20N2O2. The lowest BCUT2D eigenvalue weighted by Crippen LogP contribution is -1.96. The van der Waals surface area contributed by atoms with Gasteiger partial charge in [-0.3, -0.25) is 0 Å². The maximum atomic E-state index is 6.33. The van der Waals surface area contributed by atoms with Crippen LogP contribution in [0.25, 0.3) is 11.1 Å². The molecule has 0 aliphatic heterocycles. The maximum absolute atomic E-state index is 6.33. The summed E-state index contributed by atoms with van der Waals surface area (Å²) >= 11 is 0. The first kappa shape index (κ1) is 17.2. The zero-order valence-electron chi connectivity index (χ0n) is 15.8. The van der Waals surface area contributed by atoms with Gasteiger partial charge in [-0.2, -0.15) is 0 Å². The maximum Gasteiger partial charge on any atom is 0.174 e. The number of rotatable bonds is 4. The largest absolute Gasteiger partial charge is 0.453 e. The van der Waals surface area contributed by atoms with Crippen molar-refractivity contribution in [3.05, 3.63) is 96.1 Å². The summed E-state index contributed by atoms with van der Waals surface area (Å²) in [6.45, 7) is 0. The van der Waals surface area contributed by atoms with Gasteiger partial charge in [-0.25, -0.2) is 0 Å². The molecule has 0 aromatic heterocycles. The Kier molecular flexibility index (Phi) is 4.10. The first-order valence-corrected chi connectivity index (χ1v) is 9.48. The van der Waals surface area contributed by atoms with Crippen molar-refractivity contribution in [1.29, 1.82) is 0 Å². The van der Waals surface area contributed by atoms with Crippen LogP contribution in [0, 0.1) is 0 Å². The van der Waals surface area contributed by atoms with Gasteiger partial charge in [-0.15, -0.1) is 0 Å². The van der Waals surface area contributed by atoms with Gasteiger partial charge in [0.05, 0.1) is 0 Å². The Morgan fingerprint density at radius 2 is 1.31 bits per heavy atom. The van der Waals surface area contributed by atoms with Gasteiger partial charge in [-0.05, 0) is 47.0 Å². The molecule has 0 unspecified atom stereocenters. The highest BCUT2D eigenvalue weighted by atomic mass is 16.5. The second kappa shape index (κ2) is 6.91. The third-order valence-corrected chi connectivity index (χ3v) is 5.06. The molecule has 1 aliphatic rings. The summed E-state index contributed by atoms with van der Waals surface area (Å²) in [7, 11) is 0. The third kappa shape index (κ3) is 3.25. The van der Waals surface area contributed by atoms with Crippen LogP contribution in [0.5, 0.6) is 23.0 Å². The van der Waals surface area contributed by atoms with Crippen molar-refractivity contribution in [2.45, 2.75) is 6.42 Å². The van der Waals surface area contributed by atoms with Crippen molar-refractivity contribution < 1.29 is 9.47 Å². The van der Waals surface area contributed by atoms with Gasteiger partial charge in [-0.1, -0.05) is 42.5 Å². The fourth-order valence-electron chi connectivity index (χ4n) is 3.75. The number of ether oxygens (including phenoxy) is 2. The normalized spacial score (nSPS) is 11.6. The molecule has 142 valence electrons. The standard InChI is InChI=1S/C25H20N2O2/c26-17-6-3-8-19(14-17)28-24-12-11-22-21-10-2-1-5-16(21)13-23(22)25(24)29-20-9-4-7-18(27)15-20/h1-12,14-15H,13,26-27H2. The smallest absolute Gasteiger partial charge is 0.174 e. The van der Waals surface area contributed by atoms with Gasteiger partial charge in [0.25, 0.3) is 0 Å². The predicted molar refractivity (Wildman–Crippen MR) is 117 cm³/mol. The molecule has 5 rings (SSSR count). The summed E-state index contributed by atoms with van der Waals surface area (Å²) in [6, 6.07) is 27.2. The number of hydrogen-bond donors (Lipinski definition) is 2. The van der Waals surface area contributed by atoms with E-state index in [0.717, 1.165) is 12.0 Å². The molecular weight excluding hydrogens is 360 g/mol. The number of fused-ring (bicyclic) bond motifs is 3. The summed E-state index contributed by atoms with van der Waals surface area (Å²) in [4.78, 5) is 0. The minimum Gasteiger partial charge on any atom is -0.453 e.